The lowest BCUT2D eigenvalue weighted by molar-refractivity contribution is -0.122. The number of nitrogens with one attached hydrogen (secondary N) is 1. The first kappa shape index (κ1) is 17.1. The molecule has 23 heavy (non-hydrogen) atoms. The Morgan fingerprint density at radius 2 is 1.70 bits per heavy atom. The molecule has 1 atom stereocenters. The maximum atomic E-state index is 12.5. The van der Waals surface area contributed by atoms with Gasteiger partial charge in [0.25, 0.3) is 5.91 Å². The Hall–Kier alpha value is -2.29. The molecule has 0 bridgehead atoms. The number of para-hydroxylation sites is 1. The summed E-state index contributed by atoms with van der Waals surface area (Å²) in [5.74, 6) is 0.963. The molecule has 122 valence electrons. The molecule has 0 fully saturated rings. The quantitative estimate of drug-likeness (QED) is 0.858. The van der Waals surface area contributed by atoms with E-state index in [1.807, 2.05) is 56.3 Å². The van der Waals surface area contributed by atoms with Crippen molar-refractivity contribution in [3.8, 4) is 5.75 Å². The van der Waals surface area contributed by atoms with Crippen LogP contribution in [0.4, 0.5) is 5.69 Å². The number of carbonyl (C=O) groups excluding carboxylic acids is 1. The van der Waals surface area contributed by atoms with Crippen LogP contribution in [-0.4, -0.2) is 12.0 Å². The molecule has 0 aliphatic carbocycles. The largest absolute Gasteiger partial charge is 0.481 e. The molecule has 0 aliphatic rings. The molecule has 0 aliphatic heterocycles. The summed E-state index contributed by atoms with van der Waals surface area (Å²) in [4.78, 5) is 12.5. The van der Waals surface area contributed by atoms with Crippen LogP contribution in [0, 0.1) is 13.8 Å². The van der Waals surface area contributed by atoms with Gasteiger partial charge in [-0.2, -0.15) is 0 Å². The monoisotopic (exact) mass is 311 g/mol. The van der Waals surface area contributed by atoms with Crippen LogP contribution in [0.5, 0.6) is 5.75 Å². The highest BCUT2D eigenvalue weighted by atomic mass is 16.5. The molecule has 0 aromatic heterocycles. The van der Waals surface area contributed by atoms with Gasteiger partial charge in [-0.15, -0.1) is 0 Å². The van der Waals surface area contributed by atoms with Crippen molar-refractivity contribution in [3.05, 3.63) is 59.2 Å². The third kappa shape index (κ3) is 4.13. The van der Waals surface area contributed by atoms with Crippen molar-refractivity contribution in [2.75, 3.05) is 5.32 Å². The van der Waals surface area contributed by atoms with Crippen molar-refractivity contribution in [1.82, 2.24) is 0 Å². The highest BCUT2D eigenvalue weighted by Crippen LogP contribution is 2.25. The predicted molar refractivity (Wildman–Crippen MR) is 95.2 cm³/mol. The number of benzene rings is 2. The molecular weight excluding hydrogens is 286 g/mol. The fourth-order valence-electron chi connectivity index (χ4n) is 2.44. The van der Waals surface area contributed by atoms with Gasteiger partial charge in [-0.3, -0.25) is 4.79 Å². The van der Waals surface area contributed by atoms with Crippen molar-refractivity contribution in [2.24, 2.45) is 0 Å². The van der Waals surface area contributed by atoms with Gasteiger partial charge in [0.05, 0.1) is 0 Å². The molecular formula is C20H25NO2. The Labute approximate surface area is 138 Å². The normalized spacial score (nSPS) is 12.1. The minimum absolute atomic E-state index is 0.140. The zero-order valence-corrected chi connectivity index (χ0v) is 14.5. The van der Waals surface area contributed by atoms with Gasteiger partial charge in [0.2, 0.25) is 0 Å². The molecule has 2 rings (SSSR count). The standard InChI is InChI=1S/C20H25NO2/c1-13(2)17-10-6-7-11-18(17)21-20(22)16(5)23-19-12-8-9-14(3)15(19)4/h6-13,16H,1-5H3,(H,21,22)/t16-/m0/s1. The highest BCUT2D eigenvalue weighted by molar-refractivity contribution is 5.94. The van der Waals surface area contributed by atoms with E-state index in [0.29, 0.717) is 5.92 Å². The third-order valence-electron chi connectivity index (χ3n) is 4.07. The molecule has 2 aromatic rings. The van der Waals surface area contributed by atoms with Crippen LogP contribution in [0.25, 0.3) is 0 Å². The SMILES string of the molecule is Cc1cccc(O[C@@H](C)C(=O)Nc2ccccc2C(C)C)c1C. The zero-order chi connectivity index (χ0) is 17.0. The van der Waals surface area contributed by atoms with Crippen LogP contribution >= 0.6 is 0 Å². The first-order valence-corrected chi connectivity index (χ1v) is 8.02. The third-order valence-corrected chi connectivity index (χ3v) is 4.07. The molecule has 0 spiro atoms. The smallest absolute Gasteiger partial charge is 0.265 e. The molecule has 0 unspecified atom stereocenters. The van der Waals surface area contributed by atoms with Crippen molar-refractivity contribution >= 4 is 11.6 Å². The second-order valence-corrected chi connectivity index (χ2v) is 6.19. The van der Waals surface area contributed by atoms with Crippen LogP contribution < -0.4 is 10.1 Å². The molecule has 0 radical (unpaired) electrons. The van der Waals surface area contributed by atoms with E-state index in [9.17, 15) is 4.79 Å². The number of hydrogen-bond acceptors (Lipinski definition) is 2. The number of rotatable bonds is 5. The Morgan fingerprint density at radius 3 is 2.39 bits per heavy atom. The lowest BCUT2D eigenvalue weighted by atomic mass is 10.0. The van der Waals surface area contributed by atoms with Gasteiger partial charge in [0, 0.05) is 5.69 Å². The van der Waals surface area contributed by atoms with E-state index in [1.165, 1.54) is 0 Å². The van der Waals surface area contributed by atoms with Gasteiger partial charge < -0.3 is 10.1 Å². The molecule has 0 saturated heterocycles. The van der Waals surface area contributed by atoms with E-state index in [-0.39, 0.29) is 5.91 Å². The van der Waals surface area contributed by atoms with Crippen LogP contribution in [0.2, 0.25) is 0 Å². The van der Waals surface area contributed by atoms with Gasteiger partial charge in [-0.25, -0.2) is 0 Å². The van der Waals surface area contributed by atoms with Crippen LogP contribution in [0.1, 0.15) is 43.4 Å². The second-order valence-electron chi connectivity index (χ2n) is 6.19. The topological polar surface area (TPSA) is 38.3 Å². The summed E-state index contributed by atoms with van der Waals surface area (Å²) < 4.78 is 5.85. The summed E-state index contributed by atoms with van der Waals surface area (Å²) in [5.41, 5.74) is 4.19. The number of aryl methyl sites for hydroxylation is 1. The molecule has 3 nitrogen and oxygen atoms in total. The van der Waals surface area contributed by atoms with Gasteiger partial charge in [0.1, 0.15) is 5.75 Å². The Morgan fingerprint density at radius 1 is 1.00 bits per heavy atom. The van der Waals surface area contributed by atoms with Crippen LogP contribution in [0.15, 0.2) is 42.5 Å². The van der Waals surface area contributed by atoms with Gasteiger partial charge >= 0.3 is 0 Å². The fraction of sp³-hybridized carbons (Fsp3) is 0.350. The molecule has 1 N–H and O–H groups in total. The molecule has 0 heterocycles. The summed E-state index contributed by atoms with van der Waals surface area (Å²) in [6.07, 6.45) is -0.560. The number of anilines is 1. The summed E-state index contributed by atoms with van der Waals surface area (Å²) >= 11 is 0. The van der Waals surface area contributed by atoms with Crippen LogP contribution in [-0.2, 0) is 4.79 Å². The summed E-state index contributed by atoms with van der Waals surface area (Å²) in [6, 6.07) is 13.8. The molecule has 3 heteroatoms. The van der Waals surface area contributed by atoms with E-state index in [0.717, 1.165) is 28.1 Å². The summed E-state index contributed by atoms with van der Waals surface area (Å²) in [6.45, 7) is 10.0. The van der Waals surface area contributed by atoms with E-state index in [2.05, 4.69) is 19.2 Å². The lowest BCUT2D eigenvalue weighted by Gasteiger charge is -2.19. The summed E-state index contributed by atoms with van der Waals surface area (Å²) in [7, 11) is 0. The van der Waals surface area contributed by atoms with E-state index in [4.69, 9.17) is 4.74 Å². The first-order valence-electron chi connectivity index (χ1n) is 8.02. The number of ether oxygens (including phenoxy) is 1. The number of amides is 1. The Balaban J connectivity index is 2.10. The second kappa shape index (κ2) is 7.32. The van der Waals surface area contributed by atoms with Gasteiger partial charge in [-0.05, 0) is 55.5 Å². The van der Waals surface area contributed by atoms with Crippen LogP contribution in [0.3, 0.4) is 0 Å². The maximum Gasteiger partial charge on any atom is 0.265 e. The van der Waals surface area contributed by atoms with Crippen molar-refractivity contribution < 1.29 is 9.53 Å². The Kier molecular flexibility index (Phi) is 5.43. The van der Waals surface area contributed by atoms with Crippen molar-refractivity contribution in [1.29, 1.82) is 0 Å². The van der Waals surface area contributed by atoms with E-state index < -0.39 is 6.10 Å². The Bertz CT molecular complexity index is 692. The maximum absolute atomic E-state index is 12.5. The zero-order valence-electron chi connectivity index (χ0n) is 14.5. The average molecular weight is 311 g/mol. The van der Waals surface area contributed by atoms with Crippen molar-refractivity contribution in [2.45, 2.75) is 46.6 Å². The first-order chi connectivity index (χ1) is 10.9. The minimum atomic E-state index is -0.560. The fourth-order valence-corrected chi connectivity index (χ4v) is 2.44. The van der Waals surface area contributed by atoms with E-state index in [1.54, 1.807) is 6.92 Å². The number of hydrogen-bond donors (Lipinski definition) is 1. The van der Waals surface area contributed by atoms with Gasteiger partial charge in [0.15, 0.2) is 6.10 Å². The predicted octanol–water partition coefficient (Wildman–Crippen LogP) is 4.83. The van der Waals surface area contributed by atoms with Crippen molar-refractivity contribution in [3.63, 3.8) is 0 Å². The lowest BCUT2D eigenvalue weighted by Crippen LogP contribution is -2.30. The van der Waals surface area contributed by atoms with Gasteiger partial charge in [-0.1, -0.05) is 44.2 Å². The molecule has 0 saturated carbocycles. The molecule has 2 aromatic carbocycles. The minimum Gasteiger partial charge on any atom is -0.481 e. The average Bonchev–Trinajstić information content (AvgIpc) is 2.52. The summed E-state index contributed by atoms with van der Waals surface area (Å²) in [5, 5.41) is 2.98. The molecule has 1 amide bonds. The number of carbonyl (C=O) groups is 1. The van der Waals surface area contributed by atoms with E-state index >= 15 is 0 Å². The highest BCUT2D eigenvalue weighted by Gasteiger charge is 2.18.